The molecule has 0 saturated carbocycles. The summed E-state index contributed by atoms with van der Waals surface area (Å²) in [6.45, 7) is 4.95. The van der Waals surface area contributed by atoms with Gasteiger partial charge in [-0.2, -0.15) is 0 Å². The lowest BCUT2D eigenvalue weighted by Gasteiger charge is -2.40. The van der Waals surface area contributed by atoms with Crippen LogP contribution in [-0.2, 0) is 14.8 Å². The van der Waals surface area contributed by atoms with Crippen molar-refractivity contribution in [2.24, 2.45) is 0 Å². The van der Waals surface area contributed by atoms with Gasteiger partial charge in [-0.25, -0.2) is 13.2 Å². The minimum Gasteiger partial charge on any atom is -0.378 e. The van der Waals surface area contributed by atoms with E-state index in [1.165, 1.54) is 0 Å². The lowest BCUT2D eigenvalue weighted by molar-refractivity contribution is -0.0469. The van der Waals surface area contributed by atoms with Gasteiger partial charge in [0.1, 0.15) is 0 Å². The Morgan fingerprint density at radius 3 is 2.56 bits per heavy atom. The molecule has 0 radical (unpaired) electrons. The zero-order chi connectivity index (χ0) is 18.5. The van der Waals surface area contributed by atoms with Gasteiger partial charge in [-0.1, -0.05) is 12.1 Å². The third-order valence-electron chi connectivity index (χ3n) is 4.33. The first-order chi connectivity index (χ1) is 11.8. The quantitative estimate of drug-likeness (QED) is 0.757. The average molecular weight is 367 g/mol. The van der Waals surface area contributed by atoms with Gasteiger partial charge in [0.05, 0.1) is 17.5 Å². The van der Waals surface area contributed by atoms with E-state index in [1.54, 1.807) is 36.3 Å². The van der Waals surface area contributed by atoms with E-state index in [0.29, 0.717) is 24.5 Å². The first-order valence-corrected chi connectivity index (χ1v) is 9.96. The fraction of sp³-hybridized carbons (Fsp3) is 0.471. The molecular formula is C17H25N3O4S. The minimum absolute atomic E-state index is 0.209. The summed E-state index contributed by atoms with van der Waals surface area (Å²) in [5.41, 5.74) is 0.703. The third-order valence-corrected chi connectivity index (χ3v) is 4.93. The maximum Gasteiger partial charge on any atom is 0.321 e. The monoisotopic (exact) mass is 367 g/mol. The van der Waals surface area contributed by atoms with Crippen LogP contribution < -0.4 is 10.0 Å². The molecule has 0 aliphatic carbocycles. The number of hydrogen-bond donors (Lipinski definition) is 2. The largest absolute Gasteiger partial charge is 0.378 e. The third kappa shape index (κ3) is 5.47. The number of piperidine rings is 1. The second kappa shape index (κ2) is 7.88. The molecule has 25 heavy (non-hydrogen) atoms. The summed E-state index contributed by atoms with van der Waals surface area (Å²) in [4.78, 5) is 14.2. The topological polar surface area (TPSA) is 87.7 Å². The lowest BCUT2D eigenvalue weighted by atomic mass is 9.88. The molecule has 2 N–H and O–H groups in total. The van der Waals surface area contributed by atoms with E-state index in [9.17, 15) is 13.2 Å². The Bertz CT molecular complexity index is 725. The number of amides is 2. The van der Waals surface area contributed by atoms with E-state index >= 15 is 0 Å². The van der Waals surface area contributed by atoms with Gasteiger partial charge in [0, 0.05) is 25.9 Å². The van der Waals surface area contributed by atoms with Gasteiger partial charge in [-0.05, 0) is 37.5 Å². The number of nitrogens with one attached hydrogen (secondary N) is 2. The van der Waals surface area contributed by atoms with Crippen LogP contribution in [0.3, 0.4) is 0 Å². The van der Waals surface area contributed by atoms with Crippen molar-refractivity contribution in [1.82, 2.24) is 4.90 Å². The molecule has 0 bridgehead atoms. The molecule has 0 aromatic heterocycles. The highest BCUT2D eigenvalue weighted by atomic mass is 32.2. The summed E-state index contributed by atoms with van der Waals surface area (Å²) in [5, 5.41) is 2.81. The van der Waals surface area contributed by atoms with Crippen LogP contribution in [0, 0.1) is 0 Å². The van der Waals surface area contributed by atoms with E-state index in [0.717, 1.165) is 25.5 Å². The van der Waals surface area contributed by atoms with Crippen molar-refractivity contribution in [2.75, 3.05) is 36.5 Å². The molecule has 2 amide bonds. The zero-order valence-electron chi connectivity index (χ0n) is 14.6. The summed E-state index contributed by atoms with van der Waals surface area (Å²) >= 11 is 0. The van der Waals surface area contributed by atoms with E-state index in [2.05, 4.69) is 16.6 Å². The van der Waals surface area contributed by atoms with Gasteiger partial charge in [-0.15, -0.1) is 6.58 Å². The van der Waals surface area contributed by atoms with E-state index in [1.807, 2.05) is 6.08 Å². The standard InChI is InChI=1S/C17H25N3O4S/c1-4-8-17(24-2)9-11-20(12-10-17)16(21)18-14-6-5-7-15(13-14)19-25(3,22)23/h4-7,13,19H,1,8-12H2,2-3H3,(H,18,21). The number of methoxy groups -OCH3 is 1. The predicted octanol–water partition coefficient (Wildman–Crippen LogP) is 2.65. The summed E-state index contributed by atoms with van der Waals surface area (Å²) in [5.74, 6) is 0. The summed E-state index contributed by atoms with van der Waals surface area (Å²) in [7, 11) is -1.67. The molecule has 1 aliphatic rings. The molecular weight excluding hydrogens is 342 g/mol. The highest BCUT2D eigenvalue weighted by molar-refractivity contribution is 7.92. The van der Waals surface area contributed by atoms with Crippen LogP contribution in [0.1, 0.15) is 19.3 Å². The van der Waals surface area contributed by atoms with Gasteiger partial charge in [0.2, 0.25) is 10.0 Å². The smallest absolute Gasteiger partial charge is 0.321 e. The van der Waals surface area contributed by atoms with Crippen molar-refractivity contribution in [3.63, 3.8) is 0 Å². The molecule has 2 rings (SSSR count). The fourth-order valence-corrected chi connectivity index (χ4v) is 3.50. The van der Waals surface area contributed by atoms with Crippen LogP contribution in [0.5, 0.6) is 0 Å². The number of anilines is 2. The molecule has 1 aliphatic heterocycles. The normalized spacial score (nSPS) is 17.0. The highest BCUT2D eigenvalue weighted by Gasteiger charge is 2.34. The summed E-state index contributed by atoms with van der Waals surface area (Å²) in [6, 6.07) is 6.39. The van der Waals surface area contributed by atoms with E-state index in [-0.39, 0.29) is 11.6 Å². The van der Waals surface area contributed by atoms with Gasteiger partial charge in [0.15, 0.2) is 0 Å². The van der Waals surface area contributed by atoms with Crippen molar-refractivity contribution >= 4 is 27.4 Å². The number of ether oxygens (including phenoxy) is 1. The second-order valence-electron chi connectivity index (χ2n) is 6.25. The first-order valence-electron chi connectivity index (χ1n) is 8.07. The van der Waals surface area contributed by atoms with Crippen molar-refractivity contribution in [2.45, 2.75) is 24.9 Å². The number of urea groups is 1. The molecule has 7 nitrogen and oxygen atoms in total. The van der Waals surface area contributed by atoms with Crippen molar-refractivity contribution in [1.29, 1.82) is 0 Å². The van der Waals surface area contributed by atoms with Crippen molar-refractivity contribution < 1.29 is 17.9 Å². The second-order valence-corrected chi connectivity index (χ2v) is 8.00. The van der Waals surface area contributed by atoms with Gasteiger partial charge in [0.25, 0.3) is 0 Å². The number of carbonyl (C=O) groups is 1. The SMILES string of the molecule is C=CCC1(OC)CCN(C(=O)Nc2cccc(NS(C)(=O)=O)c2)CC1. The molecule has 1 aromatic rings. The number of hydrogen-bond acceptors (Lipinski definition) is 4. The summed E-state index contributed by atoms with van der Waals surface area (Å²) in [6.07, 6.45) is 5.19. The fourth-order valence-electron chi connectivity index (χ4n) is 2.95. The average Bonchev–Trinajstić information content (AvgIpc) is 2.54. The first kappa shape index (κ1) is 19.3. The Balaban J connectivity index is 1.97. The van der Waals surface area contributed by atoms with Crippen LogP contribution in [-0.4, -0.2) is 51.4 Å². The van der Waals surface area contributed by atoms with E-state index in [4.69, 9.17) is 4.74 Å². The number of likely N-dealkylation sites (tertiary alicyclic amines) is 1. The van der Waals surface area contributed by atoms with Crippen molar-refractivity contribution in [3.05, 3.63) is 36.9 Å². The van der Waals surface area contributed by atoms with Crippen LogP contribution in [0.15, 0.2) is 36.9 Å². The molecule has 0 atom stereocenters. The van der Waals surface area contributed by atoms with Crippen LogP contribution in [0.4, 0.5) is 16.2 Å². The van der Waals surface area contributed by atoms with Crippen LogP contribution in [0.2, 0.25) is 0 Å². The molecule has 1 saturated heterocycles. The Hall–Kier alpha value is -2.06. The molecule has 138 valence electrons. The highest BCUT2D eigenvalue weighted by Crippen LogP contribution is 2.30. The van der Waals surface area contributed by atoms with Crippen LogP contribution >= 0.6 is 0 Å². The molecule has 0 unspecified atom stereocenters. The van der Waals surface area contributed by atoms with Gasteiger partial charge in [-0.3, -0.25) is 4.72 Å². The molecule has 1 fully saturated rings. The van der Waals surface area contributed by atoms with Gasteiger partial charge < -0.3 is 15.0 Å². The number of rotatable bonds is 6. The lowest BCUT2D eigenvalue weighted by Crippen LogP contribution is -2.48. The Kier molecular flexibility index (Phi) is 6.07. The maximum atomic E-state index is 12.4. The van der Waals surface area contributed by atoms with Crippen LogP contribution in [0.25, 0.3) is 0 Å². The van der Waals surface area contributed by atoms with Gasteiger partial charge >= 0.3 is 6.03 Å². The molecule has 1 heterocycles. The predicted molar refractivity (Wildman–Crippen MR) is 99.3 cm³/mol. The maximum absolute atomic E-state index is 12.4. The number of benzene rings is 1. The molecule has 8 heteroatoms. The number of sulfonamides is 1. The van der Waals surface area contributed by atoms with Crippen molar-refractivity contribution in [3.8, 4) is 0 Å². The zero-order valence-corrected chi connectivity index (χ0v) is 15.4. The van der Waals surface area contributed by atoms with E-state index < -0.39 is 10.0 Å². The molecule has 0 spiro atoms. The molecule has 1 aromatic carbocycles. The summed E-state index contributed by atoms with van der Waals surface area (Å²) < 4.78 is 30.6. The number of nitrogens with zero attached hydrogens (tertiary/aromatic N) is 1. The Labute approximate surface area is 149 Å². The number of carbonyl (C=O) groups excluding carboxylic acids is 1. The Morgan fingerprint density at radius 2 is 2.00 bits per heavy atom. The minimum atomic E-state index is -3.36. The Morgan fingerprint density at radius 1 is 1.36 bits per heavy atom.